The van der Waals surface area contributed by atoms with Gasteiger partial charge in [0.2, 0.25) is 5.91 Å². The van der Waals surface area contributed by atoms with E-state index >= 15 is 0 Å². The van der Waals surface area contributed by atoms with Gasteiger partial charge in [-0.3, -0.25) is 9.59 Å². The van der Waals surface area contributed by atoms with Gasteiger partial charge in [0.05, 0.1) is 11.4 Å². The Morgan fingerprint density at radius 3 is 2.55 bits per heavy atom. The Morgan fingerprint density at radius 2 is 1.77 bits per heavy atom. The molecule has 6 nitrogen and oxygen atoms in total. The predicted octanol–water partition coefficient (Wildman–Crippen LogP) is 3.64. The van der Waals surface area contributed by atoms with E-state index in [9.17, 15) is 9.59 Å². The lowest BCUT2D eigenvalue weighted by Crippen LogP contribution is -2.54. The summed E-state index contributed by atoms with van der Waals surface area (Å²) in [5.41, 5.74) is 3.63. The lowest BCUT2D eigenvalue weighted by atomic mass is 9.95. The van der Waals surface area contributed by atoms with Crippen LogP contribution < -0.4 is 14.7 Å². The first-order valence-electron chi connectivity index (χ1n) is 11.0. The second-order valence-corrected chi connectivity index (χ2v) is 9.00. The molecule has 2 fully saturated rings. The fourth-order valence-corrected chi connectivity index (χ4v) is 5.19. The van der Waals surface area contributed by atoms with Crippen LogP contribution >= 0.6 is 11.6 Å². The molecule has 7 heteroatoms. The number of piperazine rings is 1. The summed E-state index contributed by atoms with van der Waals surface area (Å²) >= 11 is 6.12. The molecule has 3 heterocycles. The van der Waals surface area contributed by atoms with Crippen LogP contribution in [0.25, 0.3) is 0 Å². The van der Waals surface area contributed by atoms with E-state index in [-0.39, 0.29) is 17.9 Å². The number of piperidine rings is 1. The molecule has 0 spiro atoms. The van der Waals surface area contributed by atoms with Gasteiger partial charge >= 0.3 is 0 Å². The van der Waals surface area contributed by atoms with Crippen LogP contribution in [0.5, 0.6) is 0 Å². The Morgan fingerprint density at radius 1 is 0.968 bits per heavy atom. The normalized spacial score (nSPS) is 21.1. The number of carbonyl (C=O) groups is 2. The topological polar surface area (TPSA) is 47.1 Å². The molecule has 0 saturated carbocycles. The Bertz CT molecular complexity index is 1020. The zero-order chi connectivity index (χ0) is 21.5. The van der Waals surface area contributed by atoms with Crippen molar-refractivity contribution < 1.29 is 9.59 Å². The lowest BCUT2D eigenvalue weighted by molar-refractivity contribution is -0.120. The first kappa shape index (κ1) is 20.2. The highest BCUT2D eigenvalue weighted by atomic mass is 35.5. The number of rotatable bonds is 2. The SMILES string of the molecule is CN1C(=O)[C@@H]2CCCCN2c2ccc(C(=O)N3CCN(c4cccc(Cl)c4)CC3)cc21. The number of nitrogens with zero attached hydrogens (tertiary/aromatic N) is 4. The summed E-state index contributed by atoms with van der Waals surface area (Å²) in [7, 11) is 1.82. The van der Waals surface area contributed by atoms with Gasteiger partial charge in [-0.05, 0) is 55.7 Å². The van der Waals surface area contributed by atoms with E-state index < -0.39 is 0 Å². The summed E-state index contributed by atoms with van der Waals surface area (Å²) < 4.78 is 0. The van der Waals surface area contributed by atoms with Crippen molar-refractivity contribution in [3.8, 4) is 0 Å². The molecule has 0 aliphatic carbocycles. The van der Waals surface area contributed by atoms with Gasteiger partial charge in [0.15, 0.2) is 0 Å². The minimum atomic E-state index is -0.0626. The second kappa shape index (κ2) is 8.08. The first-order chi connectivity index (χ1) is 15.0. The van der Waals surface area contributed by atoms with Crippen LogP contribution in [0, 0.1) is 0 Å². The number of carbonyl (C=O) groups excluding carboxylic acids is 2. The molecule has 1 atom stereocenters. The highest BCUT2D eigenvalue weighted by Crippen LogP contribution is 2.39. The summed E-state index contributed by atoms with van der Waals surface area (Å²) in [6, 6.07) is 13.6. The van der Waals surface area contributed by atoms with Crippen molar-refractivity contribution in [1.29, 1.82) is 0 Å². The van der Waals surface area contributed by atoms with Crippen LogP contribution in [0.3, 0.4) is 0 Å². The Hall–Kier alpha value is -2.73. The van der Waals surface area contributed by atoms with Crippen molar-refractivity contribution in [1.82, 2.24) is 4.90 Å². The van der Waals surface area contributed by atoms with Gasteiger partial charge in [0.25, 0.3) is 5.91 Å². The molecule has 0 unspecified atom stereocenters. The molecule has 3 aliphatic heterocycles. The van der Waals surface area contributed by atoms with Crippen LogP contribution in [0.2, 0.25) is 5.02 Å². The number of anilines is 3. The molecule has 0 N–H and O–H groups in total. The fraction of sp³-hybridized carbons (Fsp3) is 0.417. The van der Waals surface area contributed by atoms with Crippen LogP contribution in [-0.4, -0.2) is 62.5 Å². The Kier molecular flexibility index (Phi) is 5.26. The van der Waals surface area contributed by atoms with Crippen molar-refractivity contribution in [2.45, 2.75) is 25.3 Å². The Labute approximate surface area is 188 Å². The van der Waals surface area contributed by atoms with Gasteiger partial charge in [-0.1, -0.05) is 17.7 Å². The minimum Gasteiger partial charge on any atom is -0.368 e. The summed E-state index contributed by atoms with van der Waals surface area (Å²) in [5, 5.41) is 0.722. The lowest BCUT2D eigenvalue weighted by Gasteiger charge is -2.44. The Balaban J connectivity index is 1.32. The van der Waals surface area contributed by atoms with E-state index in [4.69, 9.17) is 11.6 Å². The van der Waals surface area contributed by atoms with Gasteiger partial charge in [0.1, 0.15) is 6.04 Å². The standard InChI is InChI=1S/C24H27ClN4O2/c1-26-22-15-17(8-9-20(22)29-10-3-2-7-21(29)24(26)31)23(30)28-13-11-27(12-14-28)19-6-4-5-18(25)16-19/h4-6,8-9,15-16,21H,2-3,7,10-14H2,1H3/t21-/m0/s1. The highest BCUT2D eigenvalue weighted by molar-refractivity contribution is 6.30. The van der Waals surface area contributed by atoms with Crippen molar-refractivity contribution in [2.75, 3.05) is 54.5 Å². The average molecular weight is 439 g/mol. The minimum absolute atomic E-state index is 0.0233. The third kappa shape index (κ3) is 3.63. The third-order valence-electron chi connectivity index (χ3n) is 6.75. The van der Waals surface area contributed by atoms with E-state index in [1.165, 1.54) is 0 Å². The number of likely N-dealkylation sites (N-methyl/N-ethyl adjacent to an activating group) is 1. The van der Waals surface area contributed by atoms with E-state index in [1.54, 1.807) is 4.90 Å². The first-order valence-corrected chi connectivity index (χ1v) is 11.4. The third-order valence-corrected chi connectivity index (χ3v) is 6.99. The zero-order valence-electron chi connectivity index (χ0n) is 17.8. The molecule has 2 aromatic rings. The predicted molar refractivity (Wildman–Crippen MR) is 124 cm³/mol. The van der Waals surface area contributed by atoms with Gasteiger partial charge in [-0.2, -0.15) is 0 Å². The summed E-state index contributed by atoms with van der Waals surface area (Å²) in [6.45, 7) is 3.75. The second-order valence-electron chi connectivity index (χ2n) is 8.56. The molecule has 2 saturated heterocycles. The number of fused-ring (bicyclic) bond motifs is 3. The molecule has 5 rings (SSSR count). The van der Waals surface area contributed by atoms with Crippen LogP contribution in [0.4, 0.5) is 17.1 Å². The zero-order valence-corrected chi connectivity index (χ0v) is 18.5. The molecule has 3 aliphatic rings. The van der Waals surface area contributed by atoms with E-state index in [2.05, 4.69) is 9.80 Å². The molecule has 0 aromatic heterocycles. The van der Waals surface area contributed by atoms with Gasteiger partial charge < -0.3 is 19.6 Å². The number of halogens is 1. The van der Waals surface area contributed by atoms with Gasteiger partial charge in [-0.15, -0.1) is 0 Å². The maximum atomic E-state index is 13.2. The highest BCUT2D eigenvalue weighted by Gasteiger charge is 2.38. The molecular formula is C24H27ClN4O2. The van der Waals surface area contributed by atoms with E-state index in [0.717, 1.165) is 61.0 Å². The smallest absolute Gasteiger partial charge is 0.254 e. The van der Waals surface area contributed by atoms with Gasteiger partial charge in [0, 0.05) is 56.0 Å². The molecule has 162 valence electrons. The van der Waals surface area contributed by atoms with Crippen molar-refractivity contribution in [3.05, 3.63) is 53.1 Å². The monoisotopic (exact) mass is 438 g/mol. The van der Waals surface area contributed by atoms with Gasteiger partial charge in [-0.25, -0.2) is 0 Å². The molecular weight excluding hydrogens is 412 g/mol. The molecule has 0 bridgehead atoms. The largest absolute Gasteiger partial charge is 0.368 e. The number of hydrogen-bond donors (Lipinski definition) is 0. The van der Waals surface area contributed by atoms with Crippen LogP contribution in [0.15, 0.2) is 42.5 Å². The quantitative estimate of drug-likeness (QED) is 0.718. The van der Waals surface area contributed by atoms with Crippen molar-refractivity contribution in [3.63, 3.8) is 0 Å². The van der Waals surface area contributed by atoms with Crippen molar-refractivity contribution >= 4 is 40.5 Å². The molecule has 2 amide bonds. The summed E-state index contributed by atoms with van der Waals surface area (Å²) in [6.07, 6.45) is 3.10. The summed E-state index contributed by atoms with van der Waals surface area (Å²) in [5.74, 6) is 0.155. The van der Waals surface area contributed by atoms with Crippen molar-refractivity contribution in [2.24, 2.45) is 0 Å². The number of hydrogen-bond acceptors (Lipinski definition) is 4. The average Bonchev–Trinajstić information content (AvgIpc) is 2.82. The fourth-order valence-electron chi connectivity index (χ4n) is 5.01. The molecule has 31 heavy (non-hydrogen) atoms. The molecule has 2 aromatic carbocycles. The maximum absolute atomic E-state index is 13.2. The number of amides is 2. The summed E-state index contributed by atoms with van der Waals surface area (Å²) in [4.78, 5) is 34.2. The molecule has 0 radical (unpaired) electrons. The van der Waals surface area contributed by atoms with E-state index in [0.29, 0.717) is 18.7 Å². The number of benzene rings is 2. The van der Waals surface area contributed by atoms with Crippen LogP contribution in [-0.2, 0) is 4.79 Å². The van der Waals surface area contributed by atoms with Crippen LogP contribution in [0.1, 0.15) is 29.6 Å². The maximum Gasteiger partial charge on any atom is 0.254 e. The van der Waals surface area contributed by atoms with E-state index in [1.807, 2.05) is 54.4 Å².